The number of rotatable bonds is 4. The van der Waals surface area contributed by atoms with Crippen LogP contribution in [0.4, 0.5) is 13.2 Å². The normalized spacial score (nSPS) is 13.4. The van der Waals surface area contributed by atoms with Gasteiger partial charge in [-0.15, -0.1) is 0 Å². The number of hydrogen-bond donors (Lipinski definition) is 0. The summed E-state index contributed by atoms with van der Waals surface area (Å²) in [6.45, 7) is 1.61. The van der Waals surface area contributed by atoms with Crippen molar-refractivity contribution in [1.29, 1.82) is 0 Å². The number of ether oxygens (including phenoxy) is 1. The molecule has 106 valence electrons. The number of carbonyl (C=O) groups excluding carboxylic acids is 1. The van der Waals surface area contributed by atoms with E-state index in [0.29, 0.717) is 0 Å². The lowest BCUT2D eigenvalue weighted by atomic mass is 10.1. The van der Waals surface area contributed by atoms with Crippen LogP contribution >= 0.6 is 0 Å². The van der Waals surface area contributed by atoms with Gasteiger partial charge in [-0.3, -0.25) is 9.69 Å². The summed E-state index contributed by atoms with van der Waals surface area (Å²) >= 11 is 0. The minimum Gasteiger partial charge on any atom is -0.468 e. The fourth-order valence-corrected chi connectivity index (χ4v) is 1.69. The zero-order valence-corrected chi connectivity index (χ0v) is 11.0. The van der Waals surface area contributed by atoms with E-state index < -0.39 is 23.8 Å². The second-order valence-electron chi connectivity index (χ2n) is 4.27. The highest BCUT2D eigenvalue weighted by Gasteiger charge is 2.33. The van der Waals surface area contributed by atoms with E-state index in [1.165, 1.54) is 24.1 Å². The van der Waals surface area contributed by atoms with Gasteiger partial charge in [0, 0.05) is 6.54 Å². The van der Waals surface area contributed by atoms with Crippen molar-refractivity contribution >= 4 is 5.97 Å². The summed E-state index contributed by atoms with van der Waals surface area (Å²) in [5.74, 6) is -0.480. The van der Waals surface area contributed by atoms with Crippen LogP contribution in [0.5, 0.6) is 0 Å². The smallest absolute Gasteiger partial charge is 0.416 e. The van der Waals surface area contributed by atoms with E-state index in [-0.39, 0.29) is 12.1 Å². The molecular formula is C13H16F3NO2. The van der Waals surface area contributed by atoms with Gasteiger partial charge in [0.25, 0.3) is 0 Å². The molecule has 0 amide bonds. The van der Waals surface area contributed by atoms with Gasteiger partial charge in [0.05, 0.1) is 12.7 Å². The Labute approximate surface area is 110 Å². The molecule has 1 aromatic carbocycles. The molecule has 0 aliphatic carbocycles. The van der Waals surface area contributed by atoms with Gasteiger partial charge in [-0.05, 0) is 25.6 Å². The molecule has 0 saturated heterocycles. The summed E-state index contributed by atoms with van der Waals surface area (Å²) in [4.78, 5) is 12.8. The van der Waals surface area contributed by atoms with Gasteiger partial charge in [0.15, 0.2) is 0 Å². The van der Waals surface area contributed by atoms with Gasteiger partial charge in [0.1, 0.15) is 6.04 Å². The van der Waals surface area contributed by atoms with Crippen LogP contribution in [-0.4, -0.2) is 31.1 Å². The van der Waals surface area contributed by atoms with E-state index in [4.69, 9.17) is 0 Å². The molecule has 0 spiro atoms. The van der Waals surface area contributed by atoms with Crippen LogP contribution in [0.3, 0.4) is 0 Å². The van der Waals surface area contributed by atoms with Gasteiger partial charge in [-0.2, -0.15) is 13.2 Å². The topological polar surface area (TPSA) is 29.5 Å². The largest absolute Gasteiger partial charge is 0.468 e. The van der Waals surface area contributed by atoms with Crippen LogP contribution in [0, 0.1) is 0 Å². The fraction of sp³-hybridized carbons (Fsp3) is 0.462. The van der Waals surface area contributed by atoms with E-state index in [9.17, 15) is 18.0 Å². The molecule has 6 heteroatoms. The molecule has 0 heterocycles. The van der Waals surface area contributed by atoms with Crippen molar-refractivity contribution < 1.29 is 22.7 Å². The number of hydrogen-bond acceptors (Lipinski definition) is 3. The first-order chi connectivity index (χ1) is 8.77. The zero-order valence-electron chi connectivity index (χ0n) is 11.0. The number of benzene rings is 1. The molecule has 0 radical (unpaired) electrons. The predicted octanol–water partition coefficient (Wildman–Crippen LogP) is 2.70. The molecule has 0 aliphatic heterocycles. The van der Waals surface area contributed by atoms with Crippen molar-refractivity contribution in [2.45, 2.75) is 25.7 Å². The molecule has 0 fully saturated rings. The molecule has 0 saturated carbocycles. The third-order valence-corrected chi connectivity index (χ3v) is 2.95. The molecule has 1 atom stereocenters. The molecule has 0 aromatic heterocycles. The monoisotopic (exact) mass is 275 g/mol. The Balaban J connectivity index is 2.91. The number of halogens is 3. The summed E-state index contributed by atoms with van der Waals surface area (Å²) in [6.07, 6.45) is -4.40. The summed E-state index contributed by atoms with van der Waals surface area (Å²) in [5.41, 5.74) is -0.549. The van der Waals surface area contributed by atoms with Crippen LogP contribution in [0.15, 0.2) is 24.3 Å². The van der Waals surface area contributed by atoms with E-state index in [1.54, 1.807) is 20.0 Å². The van der Waals surface area contributed by atoms with Crippen molar-refractivity contribution in [3.8, 4) is 0 Å². The average Bonchev–Trinajstić information content (AvgIpc) is 2.36. The SMILES string of the molecule is COC(=O)C(C)N(C)Cc1ccccc1C(F)(F)F. The molecule has 1 unspecified atom stereocenters. The summed E-state index contributed by atoms with van der Waals surface area (Å²) < 4.78 is 43.0. The fourth-order valence-electron chi connectivity index (χ4n) is 1.69. The second-order valence-corrected chi connectivity index (χ2v) is 4.27. The van der Waals surface area contributed by atoms with Gasteiger partial charge < -0.3 is 4.74 Å². The van der Waals surface area contributed by atoms with Crippen molar-refractivity contribution in [2.24, 2.45) is 0 Å². The van der Waals surface area contributed by atoms with E-state index in [0.717, 1.165) is 6.07 Å². The maximum absolute atomic E-state index is 12.8. The lowest BCUT2D eigenvalue weighted by Crippen LogP contribution is -2.36. The molecule has 0 aliphatic rings. The van der Waals surface area contributed by atoms with Crippen molar-refractivity contribution in [2.75, 3.05) is 14.2 Å². The third kappa shape index (κ3) is 3.96. The molecular weight excluding hydrogens is 259 g/mol. The van der Waals surface area contributed by atoms with E-state index in [2.05, 4.69) is 4.74 Å². The molecule has 3 nitrogen and oxygen atoms in total. The Hall–Kier alpha value is -1.56. The highest BCUT2D eigenvalue weighted by atomic mass is 19.4. The van der Waals surface area contributed by atoms with Crippen molar-refractivity contribution in [3.05, 3.63) is 35.4 Å². The Bertz CT molecular complexity index is 446. The molecule has 19 heavy (non-hydrogen) atoms. The molecule has 0 bridgehead atoms. The first-order valence-electron chi connectivity index (χ1n) is 5.70. The van der Waals surface area contributed by atoms with Crippen LogP contribution < -0.4 is 0 Å². The molecule has 1 aromatic rings. The molecule has 1 rings (SSSR count). The summed E-state index contributed by atoms with van der Waals surface area (Å²) in [6, 6.07) is 4.72. The number of alkyl halides is 3. The Morgan fingerprint density at radius 3 is 2.47 bits per heavy atom. The maximum Gasteiger partial charge on any atom is 0.416 e. The van der Waals surface area contributed by atoms with Crippen LogP contribution in [0.25, 0.3) is 0 Å². The Morgan fingerprint density at radius 1 is 1.37 bits per heavy atom. The molecule has 0 N–H and O–H groups in total. The number of methoxy groups -OCH3 is 1. The first-order valence-corrected chi connectivity index (χ1v) is 5.70. The van der Waals surface area contributed by atoms with Crippen LogP contribution in [-0.2, 0) is 22.3 Å². The van der Waals surface area contributed by atoms with Gasteiger partial charge in [0.2, 0.25) is 0 Å². The van der Waals surface area contributed by atoms with Crippen LogP contribution in [0.2, 0.25) is 0 Å². The van der Waals surface area contributed by atoms with Crippen molar-refractivity contribution in [1.82, 2.24) is 4.90 Å². The lowest BCUT2D eigenvalue weighted by Gasteiger charge is -2.24. The quantitative estimate of drug-likeness (QED) is 0.791. The van der Waals surface area contributed by atoms with Gasteiger partial charge in [-0.25, -0.2) is 0 Å². The maximum atomic E-state index is 12.8. The Morgan fingerprint density at radius 2 is 1.95 bits per heavy atom. The third-order valence-electron chi connectivity index (χ3n) is 2.95. The van der Waals surface area contributed by atoms with E-state index in [1.807, 2.05) is 0 Å². The summed E-state index contributed by atoms with van der Waals surface area (Å²) in [7, 11) is 2.82. The predicted molar refractivity (Wildman–Crippen MR) is 64.4 cm³/mol. The van der Waals surface area contributed by atoms with Gasteiger partial charge in [-0.1, -0.05) is 18.2 Å². The number of carbonyl (C=O) groups is 1. The second kappa shape index (κ2) is 6.06. The number of esters is 1. The minimum atomic E-state index is -4.40. The number of nitrogens with zero attached hydrogens (tertiary/aromatic N) is 1. The standard InChI is InChI=1S/C13H16F3NO2/c1-9(12(18)19-3)17(2)8-10-6-4-5-7-11(10)13(14,15)16/h4-7,9H,8H2,1-3H3. The van der Waals surface area contributed by atoms with E-state index >= 15 is 0 Å². The Kier molecular flexibility index (Phi) is 4.94. The highest BCUT2D eigenvalue weighted by Crippen LogP contribution is 2.32. The van der Waals surface area contributed by atoms with Crippen LogP contribution in [0.1, 0.15) is 18.1 Å². The lowest BCUT2D eigenvalue weighted by molar-refractivity contribution is -0.146. The van der Waals surface area contributed by atoms with Crippen molar-refractivity contribution in [3.63, 3.8) is 0 Å². The van der Waals surface area contributed by atoms with Gasteiger partial charge >= 0.3 is 12.1 Å². The summed E-state index contributed by atoms with van der Waals surface area (Å²) in [5, 5.41) is 0. The number of likely N-dealkylation sites (N-methyl/N-ethyl adjacent to an activating group) is 1. The zero-order chi connectivity index (χ0) is 14.6. The first kappa shape index (κ1) is 15.5. The average molecular weight is 275 g/mol. The highest BCUT2D eigenvalue weighted by molar-refractivity contribution is 5.75. The minimum absolute atomic E-state index is 0.0198.